The van der Waals surface area contributed by atoms with Gasteiger partial charge in [0.25, 0.3) is 0 Å². The smallest absolute Gasteiger partial charge is 0.896 e. The first-order valence-electron chi connectivity index (χ1n) is 4.40. The maximum atomic E-state index is 9.43. The summed E-state index contributed by atoms with van der Waals surface area (Å²) < 4.78 is 0. The van der Waals surface area contributed by atoms with E-state index in [2.05, 4.69) is 4.98 Å². The summed E-state index contributed by atoms with van der Waals surface area (Å²) in [5.74, 6) is 0.246. The number of hydrogen-bond acceptors (Lipinski definition) is 4. The van der Waals surface area contributed by atoms with Gasteiger partial charge in [-0.15, -0.1) is 7.69 Å². The number of nitrogens with zero attached hydrogens (tertiary/aromatic N) is 1. The number of aromatic hydroxyl groups is 1. The average Bonchev–Trinajstić information content (AvgIpc) is 2.21. The molecule has 0 amide bonds. The standard InChI is InChI=1S/C10H9NO.BHO2.2Li/c1-7-5-6-8-3-2-4-9(12)10(8)11-7;2-1-3;;/h2-6,12H,1H3;1H;;/q;-2;2*+1. The van der Waals surface area contributed by atoms with E-state index in [0.717, 1.165) is 11.1 Å². The minimum absolute atomic E-state index is 0. The number of para-hydroxylation sites is 1. The van der Waals surface area contributed by atoms with Crippen LogP contribution in [0.4, 0.5) is 0 Å². The van der Waals surface area contributed by atoms with Gasteiger partial charge in [0, 0.05) is 11.1 Å². The Morgan fingerprint density at radius 2 is 1.71 bits per heavy atom. The number of aryl methyl sites for hydroxylation is 1. The molecule has 0 aliphatic heterocycles. The Balaban J connectivity index is 0. The van der Waals surface area contributed by atoms with Crippen molar-refractivity contribution in [3.05, 3.63) is 36.0 Å². The van der Waals surface area contributed by atoms with Gasteiger partial charge in [-0.3, -0.25) is 0 Å². The van der Waals surface area contributed by atoms with Gasteiger partial charge in [0.05, 0.1) is 0 Å². The summed E-state index contributed by atoms with van der Waals surface area (Å²) in [6, 6.07) is 9.28. The minimum Gasteiger partial charge on any atom is -0.896 e. The van der Waals surface area contributed by atoms with Crippen LogP contribution in [0.1, 0.15) is 5.69 Å². The number of fused-ring (bicyclic) bond motifs is 1. The zero-order chi connectivity index (χ0) is 11.3. The molecule has 0 saturated heterocycles. The summed E-state index contributed by atoms with van der Waals surface area (Å²) in [6.07, 6.45) is 0. The Bertz CT molecular complexity index is 456. The van der Waals surface area contributed by atoms with Crippen LogP contribution >= 0.6 is 0 Å². The molecule has 0 atom stereocenters. The molecular formula is C10H10BLi2NO3. The van der Waals surface area contributed by atoms with Crippen LogP contribution in [0, 0.1) is 6.92 Å². The third kappa shape index (κ3) is 5.66. The molecule has 0 spiro atoms. The summed E-state index contributed by atoms with van der Waals surface area (Å²) in [7, 11) is -1.25. The van der Waals surface area contributed by atoms with Gasteiger partial charge < -0.3 is 15.2 Å². The fourth-order valence-corrected chi connectivity index (χ4v) is 1.23. The number of benzene rings is 1. The van der Waals surface area contributed by atoms with Gasteiger partial charge in [-0.05, 0) is 19.1 Å². The Morgan fingerprint density at radius 1 is 1.12 bits per heavy atom. The van der Waals surface area contributed by atoms with Gasteiger partial charge in [-0.1, -0.05) is 18.2 Å². The zero-order valence-electron chi connectivity index (χ0n) is 10.3. The van der Waals surface area contributed by atoms with Crippen LogP contribution in [0.3, 0.4) is 0 Å². The first-order chi connectivity index (χ1) is 7.19. The Morgan fingerprint density at radius 3 is 2.29 bits per heavy atom. The maximum absolute atomic E-state index is 9.43. The van der Waals surface area contributed by atoms with E-state index in [0.29, 0.717) is 5.52 Å². The Kier molecular flexibility index (Phi) is 10.7. The van der Waals surface area contributed by atoms with E-state index < -0.39 is 7.69 Å². The van der Waals surface area contributed by atoms with E-state index in [1.165, 1.54) is 0 Å². The monoisotopic (exact) mass is 217 g/mol. The quantitative estimate of drug-likeness (QED) is 0.445. The van der Waals surface area contributed by atoms with Crippen molar-refractivity contribution in [1.82, 2.24) is 4.98 Å². The van der Waals surface area contributed by atoms with E-state index in [1.807, 2.05) is 31.2 Å². The van der Waals surface area contributed by atoms with Crippen molar-refractivity contribution in [2.45, 2.75) is 6.92 Å². The predicted molar refractivity (Wildman–Crippen MR) is 55.3 cm³/mol. The molecule has 0 radical (unpaired) electrons. The van der Waals surface area contributed by atoms with E-state index in [9.17, 15) is 5.11 Å². The first-order valence-corrected chi connectivity index (χ1v) is 4.40. The molecule has 0 saturated carbocycles. The topological polar surface area (TPSA) is 79.2 Å². The van der Waals surface area contributed by atoms with E-state index in [4.69, 9.17) is 10.0 Å². The fraction of sp³-hybridized carbons (Fsp3) is 0.100. The predicted octanol–water partition coefficient (Wildman–Crippen LogP) is -6.77. The van der Waals surface area contributed by atoms with Gasteiger partial charge in [0.1, 0.15) is 11.3 Å². The molecule has 1 N–H and O–H groups in total. The molecule has 78 valence electrons. The van der Waals surface area contributed by atoms with Crippen LogP contribution in [-0.2, 0) is 0 Å². The molecule has 4 nitrogen and oxygen atoms in total. The number of phenols is 1. The summed E-state index contributed by atoms with van der Waals surface area (Å²) in [5.41, 5.74) is 1.60. The van der Waals surface area contributed by atoms with Crippen molar-refractivity contribution in [3.8, 4) is 5.75 Å². The number of phenolic OH excluding ortho intramolecular Hbond substituents is 1. The van der Waals surface area contributed by atoms with Crippen LogP contribution in [0.25, 0.3) is 10.9 Å². The third-order valence-electron chi connectivity index (χ3n) is 1.84. The molecule has 1 aromatic carbocycles. The van der Waals surface area contributed by atoms with Gasteiger partial charge in [0.2, 0.25) is 0 Å². The fourth-order valence-electron chi connectivity index (χ4n) is 1.23. The van der Waals surface area contributed by atoms with Crippen LogP contribution in [0.15, 0.2) is 30.3 Å². The molecule has 17 heavy (non-hydrogen) atoms. The second-order valence-electron chi connectivity index (χ2n) is 2.92. The molecule has 0 aliphatic rings. The molecule has 2 aromatic rings. The van der Waals surface area contributed by atoms with Crippen LogP contribution in [-0.4, -0.2) is 17.8 Å². The Hall–Kier alpha value is -0.390. The second kappa shape index (κ2) is 9.62. The molecule has 0 unspecified atom stereocenters. The van der Waals surface area contributed by atoms with E-state index in [1.54, 1.807) is 6.07 Å². The van der Waals surface area contributed by atoms with Gasteiger partial charge in [-0.2, -0.15) is 0 Å². The van der Waals surface area contributed by atoms with Crippen molar-refractivity contribution >= 4 is 18.6 Å². The van der Waals surface area contributed by atoms with Gasteiger partial charge in [-0.25, -0.2) is 4.98 Å². The van der Waals surface area contributed by atoms with Crippen molar-refractivity contribution in [1.29, 1.82) is 0 Å². The zero-order valence-corrected chi connectivity index (χ0v) is 10.3. The average molecular weight is 217 g/mol. The van der Waals surface area contributed by atoms with E-state index >= 15 is 0 Å². The number of hydrogen-bond donors (Lipinski definition) is 1. The molecule has 0 bridgehead atoms. The Labute approximate surface area is 125 Å². The SMILES string of the molecule is Cc1ccc2cccc(O)c2n1.[Li+].[Li+].[O-]B[O-]. The molecule has 1 heterocycles. The van der Waals surface area contributed by atoms with Gasteiger partial charge in [0.15, 0.2) is 0 Å². The van der Waals surface area contributed by atoms with Crippen LogP contribution < -0.4 is 47.8 Å². The first kappa shape index (κ1) is 19.0. The maximum Gasteiger partial charge on any atom is 1.00 e. The van der Waals surface area contributed by atoms with Crippen molar-refractivity contribution in [3.63, 3.8) is 0 Å². The summed E-state index contributed by atoms with van der Waals surface area (Å²) >= 11 is 0. The third-order valence-corrected chi connectivity index (χ3v) is 1.84. The van der Waals surface area contributed by atoms with E-state index in [-0.39, 0.29) is 43.5 Å². The molecule has 7 heteroatoms. The molecule has 0 aliphatic carbocycles. The van der Waals surface area contributed by atoms with Crippen LogP contribution in [0.2, 0.25) is 0 Å². The van der Waals surface area contributed by atoms with Crippen LogP contribution in [0.5, 0.6) is 5.75 Å². The largest absolute Gasteiger partial charge is 1.00 e. The van der Waals surface area contributed by atoms with Crippen molar-refractivity contribution in [2.75, 3.05) is 0 Å². The molecule has 1 aromatic heterocycles. The number of pyridine rings is 1. The van der Waals surface area contributed by atoms with Crippen molar-refractivity contribution in [2.24, 2.45) is 0 Å². The normalized spacial score (nSPS) is 8.18. The molecule has 2 rings (SSSR count). The van der Waals surface area contributed by atoms with Crippen molar-refractivity contribution < 1.29 is 52.9 Å². The minimum atomic E-state index is -1.25. The molecular weight excluding hydrogens is 207 g/mol. The second-order valence-corrected chi connectivity index (χ2v) is 2.92. The summed E-state index contributed by atoms with van der Waals surface area (Å²) in [4.78, 5) is 4.23. The molecule has 0 fully saturated rings. The summed E-state index contributed by atoms with van der Waals surface area (Å²) in [5, 5.41) is 27.2. The number of rotatable bonds is 0. The van der Waals surface area contributed by atoms with Gasteiger partial charge >= 0.3 is 37.7 Å². The summed E-state index contributed by atoms with van der Waals surface area (Å²) in [6.45, 7) is 1.91. The number of aromatic nitrogens is 1.